The van der Waals surface area contributed by atoms with Gasteiger partial charge < -0.3 is 35.6 Å². The highest BCUT2D eigenvalue weighted by Gasteiger charge is 2.46. The van der Waals surface area contributed by atoms with Crippen molar-refractivity contribution in [3.05, 3.63) is 83.8 Å². The molecule has 1 aliphatic heterocycles. The Morgan fingerprint density at radius 2 is 1.67 bits per heavy atom. The maximum Gasteiger partial charge on any atom is 0.490 e. The number of nitrogens with zero attached hydrogens (tertiary/aromatic N) is 2. The normalized spacial score (nSPS) is 16.4. The van der Waals surface area contributed by atoms with Gasteiger partial charge in [-0.2, -0.15) is 13.2 Å². The number of carboxylic acids is 2. The number of amides is 1. The molecule has 1 fully saturated rings. The summed E-state index contributed by atoms with van der Waals surface area (Å²) in [5.74, 6) is -6.08. The van der Waals surface area contributed by atoms with E-state index >= 15 is 4.39 Å². The number of fused-ring (bicyclic) bond motifs is 1. The number of aliphatic carboxylic acids is 2. The number of methoxy groups -OCH3 is 2. The van der Waals surface area contributed by atoms with Gasteiger partial charge in [0.05, 0.1) is 36.8 Å². The maximum atomic E-state index is 15.8. The first-order valence-electron chi connectivity index (χ1n) is 15.4. The third-order valence-electron chi connectivity index (χ3n) is 8.36. The molecular weight excluding hydrogens is 716 g/mol. The Bertz CT molecular complexity index is 2100. The number of carboxylic acid groups (broad SMARTS) is 2. The van der Waals surface area contributed by atoms with Gasteiger partial charge >= 0.3 is 18.1 Å². The number of carbonyl (C=O) groups is 3. The Morgan fingerprint density at radius 3 is 2.27 bits per heavy atom. The number of rotatable bonds is 10. The summed E-state index contributed by atoms with van der Waals surface area (Å²) in [5, 5.41) is 21.8. The van der Waals surface area contributed by atoms with Crippen LogP contribution in [0.4, 0.5) is 29.1 Å². The number of anilines is 2. The highest BCUT2D eigenvalue weighted by molar-refractivity contribution is 7.91. The number of pyridine rings is 1. The molecule has 3 aromatic carbocycles. The summed E-state index contributed by atoms with van der Waals surface area (Å²) in [6, 6.07) is 12.9. The van der Waals surface area contributed by atoms with Gasteiger partial charge in [0.2, 0.25) is 5.91 Å². The van der Waals surface area contributed by atoms with E-state index in [2.05, 4.69) is 10.3 Å². The summed E-state index contributed by atoms with van der Waals surface area (Å²) in [6.45, 7) is 1.49. The minimum Gasteiger partial charge on any atom is -0.493 e. The predicted octanol–water partition coefficient (Wildman–Crippen LogP) is 5.23. The van der Waals surface area contributed by atoms with Crippen molar-refractivity contribution in [3.63, 3.8) is 0 Å². The summed E-state index contributed by atoms with van der Waals surface area (Å²) in [7, 11) is -1.05. The first kappa shape index (κ1) is 39.1. The summed E-state index contributed by atoms with van der Waals surface area (Å²) in [6.07, 6.45) is -3.48. The Morgan fingerprint density at radius 1 is 1.04 bits per heavy atom. The molecule has 2 heterocycles. The Kier molecular flexibility index (Phi) is 11.8. The number of halogens is 4. The molecule has 13 nitrogen and oxygen atoms in total. The monoisotopic (exact) mass is 750 g/mol. The van der Waals surface area contributed by atoms with Crippen LogP contribution >= 0.6 is 0 Å². The molecule has 18 heteroatoms. The van der Waals surface area contributed by atoms with E-state index in [1.807, 2.05) is 0 Å². The standard InChI is InChI=1S/C32H33FN4O7S.C2HF3O2/c1-4-45(41,42)27-8-6-5-7-21(27)29-22(32(39)40)12-14-37(29)31(38)28(23-16-25(43-2)26(44-3)17-24(23)33)36-19-9-10-20-18(15-19)11-13-35-30(20)34;3-2(4,5)1(6)7/h5-11,13,15-17,22,28-29,36H,4,12,14H2,1-3H3,(H2,34,35)(H,39,40);(H,6,7)/t22?,28-,29?;/m1./s1. The van der Waals surface area contributed by atoms with Crippen LogP contribution in [-0.4, -0.2) is 79.1 Å². The number of nitrogen functional groups attached to an aromatic ring is 1. The molecule has 1 aromatic heterocycles. The first-order chi connectivity index (χ1) is 24.4. The first-order valence-corrected chi connectivity index (χ1v) is 17.1. The molecule has 0 saturated carbocycles. The minimum atomic E-state index is -5.08. The molecule has 278 valence electrons. The molecule has 1 saturated heterocycles. The third-order valence-corrected chi connectivity index (χ3v) is 10.2. The van der Waals surface area contributed by atoms with Gasteiger partial charge in [0.25, 0.3) is 0 Å². The lowest BCUT2D eigenvalue weighted by Gasteiger charge is -2.32. The zero-order valence-electron chi connectivity index (χ0n) is 27.8. The molecule has 3 atom stereocenters. The Balaban J connectivity index is 0.000000785. The molecular formula is C34H34F4N4O9S. The van der Waals surface area contributed by atoms with E-state index < -0.39 is 57.7 Å². The number of hydrogen-bond acceptors (Lipinski definition) is 10. The second-order valence-electron chi connectivity index (χ2n) is 11.4. The molecule has 2 unspecified atom stereocenters. The van der Waals surface area contributed by atoms with E-state index in [9.17, 15) is 36.3 Å². The number of hydrogen-bond donors (Lipinski definition) is 4. The van der Waals surface area contributed by atoms with Crippen LogP contribution in [0.3, 0.4) is 0 Å². The van der Waals surface area contributed by atoms with Crippen molar-refractivity contribution in [1.82, 2.24) is 9.88 Å². The quantitative estimate of drug-likeness (QED) is 0.154. The molecule has 1 aliphatic rings. The zero-order chi connectivity index (χ0) is 38.5. The molecule has 4 aromatic rings. The van der Waals surface area contributed by atoms with Crippen molar-refractivity contribution in [2.75, 3.05) is 37.6 Å². The number of alkyl halides is 3. The van der Waals surface area contributed by atoms with Gasteiger partial charge in [-0.15, -0.1) is 0 Å². The number of ether oxygens (including phenoxy) is 2. The molecule has 1 amide bonds. The van der Waals surface area contributed by atoms with E-state index in [-0.39, 0.29) is 46.2 Å². The number of carbonyl (C=O) groups excluding carboxylic acids is 1. The second kappa shape index (κ2) is 15.7. The van der Waals surface area contributed by atoms with E-state index in [0.717, 1.165) is 11.5 Å². The summed E-state index contributed by atoms with van der Waals surface area (Å²) >= 11 is 0. The van der Waals surface area contributed by atoms with Gasteiger partial charge in [-0.25, -0.2) is 22.6 Å². The zero-order valence-corrected chi connectivity index (χ0v) is 28.7. The minimum absolute atomic E-state index is 0.00597. The van der Waals surface area contributed by atoms with Crippen LogP contribution in [0.15, 0.2) is 71.8 Å². The van der Waals surface area contributed by atoms with Crippen LogP contribution in [0.2, 0.25) is 0 Å². The van der Waals surface area contributed by atoms with Crippen molar-refractivity contribution in [1.29, 1.82) is 0 Å². The molecule has 0 aliphatic carbocycles. The van der Waals surface area contributed by atoms with Crippen LogP contribution in [0.1, 0.15) is 36.6 Å². The molecule has 52 heavy (non-hydrogen) atoms. The third kappa shape index (κ3) is 8.28. The fourth-order valence-corrected chi connectivity index (χ4v) is 6.98. The molecule has 5 rings (SSSR count). The lowest BCUT2D eigenvalue weighted by molar-refractivity contribution is -0.192. The number of nitrogens with two attached hydrogens (primary N) is 1. The number of benzene rings is 3. The van der Waals surface area contributed by atoms with Crippen LogP contribution < -0.4 is 20.5 Å². The fourth-order valence-electron chi connectivity index (χ4n) is 5.83. The van der Waals surface area contributed by atoms with Gasteiger partial charge in [0.1, 0.15) is 17.7 Å². The molecule has 0 bridgehead atoms. The molecule has 5 N–H and O–H groups in total. The van der Waals surface area contributed by atoms with E-state index in [1.165, 1.54) is 44.2 Å². The highest BCUT2D eigenvalue weighted by Crippen LogP contribution is 2.43. The van der Waals surface area contributed by atoms with Gasteiger partial charge in [0, 0.05) is 35.4 Å². The Labute approximate surface area is 294 Å². The fraction of sp³-hybridized carbons (Fsp3) is 0.294. The Hall–Kier alpha value is -5.65. The molecule has 0 spiro atoms. The maximum absolute atomic E-state index is 15.8. The van der Waals surface area contributed by atoms with Crippen LogP contribution in [0.25, 0.3) is 10.8 Å². The van der Waals surface area contributed by atoms with E-state index in [0.29, 0.717) is 16.9 Å². The summed E-state index contributed by atoms with van der Waals surface area (Å²) in [4.78, 5) is 41.3. The summed E-state index contributed by atoms with van der Waals surface area (Å²) < 4.78 is 84.4. The van der Waals surface area contributed by atoms with Gasteiger partial charge in [-0.05, 0) is 53.8 Å². The number of likely N-dealkylation sites (tertiary alicyclic amines) is 1. The lowest BCUT2D eigenvalue weighted by atomic mass is 9.93. The van der Waals surface area contributed by atoms with Crippen molar-refractivity contribution >= 4 is 50.0 Å². The second-order valence-corrected chi connectivity index (χ2v) is 13.6. The van der Waals surface area contributed by atoms with Gasteiger partial charge in [-0.1, -0.05) is 25.1 Å². The van der Waals surface area contributed by atoms with Crippen LogP contribution in [0.5, 0.6) is 11.5 Å². The topological polar surface area (TPSA) is 198 Å². The van der Waals surface area contributed by atoms with Crippen molar-refractivity contribution in [2.45, 2.75) is 36.5 Å². The predicted molar refractivity (Wildman–Crippen MR) is 180 cm³/mol. The average Bonchev–Trinajstić information content (AvgIpc) is 3.56. The highest BCUT2D eigenvalue weighted by atomic mass is 32.2. The van der Waals surface area contributed by atoms with E-state index in [4.69, 9.17) is 25.1 Å². The van der Waals surface area contributed by atoms with Gasteiger partial charge in [-0.3, -0.25) is 9.59 Å². The van der Waals surface area contributed by atoms with E-state index in [1.54, 1.807) is 42.6 Å². The van der Waals surface area contributed by atoms with Crippen molar-refractivity contribution in [2.24, 2.45) is 5.92 Å². The smallest absolute Gasteiger partial charge is 0.490 e. The number of sulfone groups is 1. The number of nitrogens with one attached hydrogen (secondary N) is 1. The number of aromatic nitrogens is 1. The largest absolute Gasteiger partial charge is 0.493 e. The lowest BCUT2D eigenvalue weighted by Crippen LogP contribution is -2.40. The molecule has 0 radical (unpaired) electrons. The van der Waals surface area contributed by atoms with Gasteiger partial charge in [0.15, 0.2) is 21.3 Å². The van der Waals surface area contributed by atoms with Crippen molar-refractivity contribution < 1.29 is 60.0 Å². The van der Waals surface area contributed by atoms with Crippen LogP contribution in [-0.2, 0) is 24.2 Å². The van der Waals surface area contributed by atoms with Crippen LogP contribution in [0, 0.1) is 11.7 Å². The summed E-state index contributed by atoms with van der Waals surface area (Å²) in [5.41, 5.74) is 6.56. The van der Waals surface area contributed by atoms with Crippen molar-refractivity contribution in [3.8, 4) is 11.5 Å². The average molecular weight is 751 g/mol. The SMILES string of the molecule is CCS(=O)(=O)c1ccccc1C1C(C(=O)O)CCN1C(=O)[C@H](Nc1ccc2c(N)nccc2c1)c1cc(OC)c(OC)cc1F.O=C(O)C(F)(F)F.